The SMILES string of the molecule is CCS(=O)(=O)CCSCc1ccc(Cl)c(F)c1. The Hall–Kier alpha value is -0.260. The van der Waals surface area contributed by atoms with Crippen LogP contribution in [-0.2, 0) is 15.6 Å². The Balaban J connectivity index is 2.39. The first-order valence-corrected chi connectivity index (χ1v) is 8.52. The highest BCUT2D eigenvalue weighted by Crippen LogP contribution is 2.19. The molecule has 0 saturated heterocycles. The van der Waals surface area contributed by atoms with Gasteiger partial charge in [-0.1, -0.05) is 24.6 Å². The molecule has 0 radical (unpaired) electrons. The number of hydrogen-bond donors (Lipinski definition) is 0. The summed E-state index contributed by atoms with van der Waals surface area (Å²) in [6.45, 7) is 1.63. The van der Waals surface area contributed by atoms with Gasteiger partial charge in [0.15, 0.2) is 9.84 Å². The van der Waals surface area contributed by atoms with Crippen LogP contribution >= 0.6 is 23.4 Å². The highest BCUT2D eigenvalue weighted by atomic mass is 35.5. The lowest BCUT2D eigenvalue weighted by Gasteiger charge is -2.03. The number of hydrogen-bond acceptors (Lipinski definition) is 3. The fourth-order valence-corrected chi connectivity index (χ4v) is 3.60. The molecule has 0 saturated carbocycles. The molecule has 0 aliphatic carbocycles. The first kappa shape index (κ1) is 14.8. The van der Waals surface area contributed by atoms with E-state index >= 15 is 0 Å². The number of thioether (sulfide) groups is 1. The lowest BCUT2D eigenvalue weighted by Crippen LogP contribution is -2.10. The summed E-state index contributed by atoms with van der Waals surface area (Å²) in [5.74, 6) is 1.02. The van der Waals surface area contributed by atoms with Crippen LogP contribution in [0.25, 0.3) is 0 Å². The Morgan fingerprint density at radius 1 is 1.41 bits per heavy atom. The van der Waals surface area contributed by atoms with E-state index in [1.807, 2.05) is 0 Å². The Morgan fingerprint density at radius 3 is 2.71 bits per heavy atom. The van der Waals surface area contributed by atoms with Crippen LogP contribution < -0.4 is 0 Å². The number of halogens is 2. The molecule has 0 heterocycles. The van der Waals surface area contributed by atoms with E-state index in [4.69, 9.17) is 11.6 Å². The predicted octanol–water partition coefficient (Wildman–Crippen LogP) is 3.15. The zero-order chi connectivity index (χ0) is 12.9. The smallest absolute Gasteiger partial charge is 0.150 e. The molecular weight excluding hydrogens is 283 g/mol. The van der Waals surface area contributed by atoms with E-state index in [0.717, 1.165) is 5.56 Å². The van der Waals surface area contributed by atoms with Crippen LogP contribution in [0.5, 0.6) is 0 Å². The Labute approximate surface area is 110 Å². The van der Waals surface area contributed by atoms with Crippen LogP contribution in [-0.4, -0.2) is 25.7 Å². The van der Waals surface area contributed by atoms with E-state index in [1.54, 1.807) is 13.0 Å². The lowest BCUT2D eigenvalue weighted by molar-refractivity contribution is 0.598. The third kappa shape index (κ3) is 5.27. The summed E-state index contributed by atoms with van der Waals surface area (Å²) in [5, 5.41) is 0.104. The summed E-state index contributed by atoms with van der Waals surface area (Å²) in [7, 11) is -2.90. The topological polar surface area (TPSA) is 34.1 Å². The van der Waals surface area contributed by atoms with Crippen LogP contribution in [0.15, 0.2) is 18.2 Å². The minimum absolute atomic E-state index is 0.104. The third-order valence-electron chi connectivity index (χ3n) is 2.23. The van der Waals surface area contributed by atoms with Gasteiger partial charge in [-0.3, -0.25) is 0 Å². The molecule has 0 fully saturated rings. The number of rotatable bonds is 6. The summed E-state index contributed by atoms with van der Waals surface area (Å²) in [6.07, 6.45) is 0. The van der Waals surface area contributed by atoms with Crippen molar-refractivity contribution in [2.24, 2.45) is 0 Å². The Bertz CT molecular complexity index is 474. The highest BCUT2D eigenvalue weighted by Gasteiger charge is 2.07. The monoisotopic (exact) mass is 296 g/mol. The number of sulfone groups is 1. The van der Waals surface area contributed by atoms with Gasteiger partial charge in [0.05, 0.1) is 10.8 Å². The van der Waals surface area contributed by atoms with Crippen molar-refractivity contribution in [2.45, 2.75) is 12.7 Å². The van der Waals surface area contributed by atoms with Crippen LogP contribution in [0.1, 0.15) is 12.5 Å². The fourth-order valence-electron chi connectivity index (χ4n) is 1.15. The van der Waals surface area contributed by atoms with Gasteiger partial charge in [0, 0.05) is 17.3 Å². The molecule has 6 heteroatoms. The second-order valence-corrected chi connectivity index (χ2v) is 7.52. The van der Waals surface area contributed by atoms with Gasteiger partial charge in [-0.2, -0.15) is 11.8 Å². The quantitative estimate of drug-likeness (QED) is 0.756. The van der Waals surface area contributed by atoms with Gasteiger partial charge in [-0.15, -0.1) is 0 Å². The maximum Gasteiger partial charge on any atom is 0.150 e. The second-order valence-electron chi connectivity index (χ2n) is 3.54. The molecule has 0 spiro atoms. The normalized spacial score (nSPS) is 11.7. The van der Waals surface area contributed by atoms with Crippen LogP contribution in [0.4, 0.5) is 4.39 Å². The van der Waals surface area contributed by atoms with Crippen molar-refractivity contribution >= 4 is 33.2 Å². The molecule has 1 aromatic rings. The van der Waals surface area contributed by atoms with E-state index in [-0.39, 0.29) is 16.5 Å². The van der Waals surface area contributed by atoms with Crippen molar-refractivity contribution < 1.29 is 12.8 Å². The predicted molar refractivity (Wildman–Crippen MR) is 71.9 cm³/mol. The standard InChI is InChI=1S/C11H14ClFO2S2/c1-2-17(14,15)6-5-16-8-9-3-4-10(12)11(13)7-9/h3-4,7H,2,5-6,8H2,1H3. The van der Waals surface area contributed by atoms with Gasteiger partial charge < -0.3 is 0 Å². The molecule has 0 aliphatic heterocycles. The molecule has 0 N–H and O–H groups in total. The molecule has 1 aromatic carbocycles. The van der Waals surface area contributed by atoms with Gasteiger partial charge in [0.25, 0.3) is 0 Å². The summed E-state index contributed by atoms with van der Waals surface area (Å²) in [4.78, 5) is 0. The third-order valence-corrected chi connectivity index (χ3v) is 5.53. The molecule has 2 nitrogen and oxygen atoms in total. The average Bonchev–Trinajstić information content (AvgIpc) is 2.29. The summed E-state index contributed by atoms with van der Waals surface area (Å²) in [5.41, 5.74) is 0.811. The van der Waals surface area contributed by atoms with Gasteiger partial charge in [-0.25, -0.2) is 12.8 Å². The first-order valence-electron chi connectivity index (χ1n) is 5.16. The minimum atomic E-state index is -2.90. The largest absolute Gasteiger partial charge is 0.229 e. The van der Waals surface area contributed by atoms with Gasteiger partial charge in [0.2, 0.25) is 0 Å². The van der Waals surface area contributed by atoms with Crippen molar-refractivity contribution in [1.29, 1.82) is 0 Å². The number of benzene rings is 1. The molecule has 0 aliphatic rings. The van der Waals surface area contributed by atoms with Crippen molar-refractivity contribution in [3.63, 3.8) is 0 Å². The Kier molecular flexibility index (Phi) is 5.76. The minimum Gasteiger partial charge on any atom is -0.229 e. The van der Waals surface area contributed by atoms with E-state index in [1.165, 1.54) is 23.9 Å². The molecule has 0 aromatic heterocycles. The van der Waals surface area contributed by atoms with Crippen molar-refractivity contribution in [2.75, 3.05) is 17.3 Å². The molecule has 1 rings (SSSR count). The second kappa shape index (κ2) is 6.61. The van der Waals surface area contributed by atoms with E-state index in [9.17, 15) is 12.8 Å². The zero-order valence-electron chi connectivity index (χ0n) is 9.45. The first-order chi connectivity index (χ1) is 7.94. The van der Waals surface area contributed by atoms with Crippen molar-refractivity contribution in [1.82, 2.24) is 0 Å². The maximum absolute atomic E-state index is 13.1. The van der Waals surface area contributed by atoms with E-state index < -0.39 is 15.7 Å². The molecule has 96 valence electrons. The highest BCUT2D eigenvalue weighted by molar-refractivity contribution is 8.00. The maximum atomic E-state index is 13.1. The molecule has 0 atom stereocenters. The van der Waals surface area contributed by atoms with Gasteiger partial charge >= 0.3 is 0 Å². The van der Waals surface area contributed by atoms with Crippen molar-refractivity contribution in [3.05, 3.63) is 34.6 Å². The van der Waals surface area contributed by atoms with Crippen molar-refractivity contribution in [3.8, 4) is 0 Å². The molecule has 0 bridgehead atoms. The van der Waals surface area contributed by atoms with Gasteiger partial charge in [-0.05, 0) is 17.7 Å². The Morgan fingerprint density at radius 2 is 2.12 bits per heavy atom. The lowest BCUT2D eigenvalue weighted by atomic mass is 10.2. The summed E-state index contributed by atoms with van der Waals surface area (Å²) in [6, 6.07) is 4.63. The fraction of sp³-hybridized carbons (Fsp3) is 0.455. The van der Waals surface area contributed by atoms with E-state index in [0.29, 0.717) is 11.5 Å². The molecule has 17 heavy (non-hydrogen) atoms. The molecular formula is C11H14ClFO2S2. The average molecular weight is 297 g/mol. The van der Waals surface area contributed by atoms with Crippen LogP contribution in [0, 0.1) is 5.82 Å². The molecule has 0 amide bonds. The summed E-state index contributed by atoms with van der Waals surface area (Å²) >= 11 is 7.03. The van der Waals surface area contributed by atoms with Crippen LogP contribution in [0.3, 0.4) is 0 Å². The van der Waals surface area contributed by atoms with E-state index in [2.05, 4.69) is 0 Å². The van der Waals surface area contributed by atoms with Gasteiger partial charge in [0.1, 0.15) is 5.82 Å². The zero-order valence-corrected chi connectivity index (χ0v) is 11.8. The summed E-state index contributed by atoms with van der Waals surface area (Å²) < 4.78 is 35.5. The van der Waals surface area contributed by atoms with Crippen LogP contribution in [0.2, 0.25) is 5.02 Å². The molecule has 0 unspecified atom stereocenters.